The van der Waals surface area contributed by atoms with E-state index in [-0.39, 0.29) is 6.61 Å². The minimum atomic E-state index is -0.112. The zero-order chi connectivity index (χ0) is 16.4. The lowest BCUT2D eigenvalue weighted by atomic mass is 10.2. The van der Waals surface area contributed by atoms with Crippen LogP contribution >= 0.6 is 23.2 Å². The lowest BCUT2D eigenvalue weighted by Crippen LogP contribution is -2.01. The number of imidazole rings is 1. The van der Waals surface area contributed by atoms with Crippen LogP contribution in [0.3, 0.4) is 0 Å². The molecule has 4 nitrogen and oxygen atoms in total. The zero-order valence-corrected chi connectivity index (χ0v) is 14.1. The minimum Gasteiger partial charge on any atom is -0.487 e. The van der Waals surface area contributed by atoms with Crippen molar-refractivity contribution >= 4 is 34.2 Å². The summed E-state index contributed by atoms with van der Waals surface area (Å²) in [5, 5.41) is 10.6. The van der Waals surface area contributed by atoms with Crippen LogP contribution in [0.4, 0.5) is 0 Å². The molecule has 0 atom stereocenters. The van der Waals surface area contributed by atoms with Crippen LogP contribution in [0.15, 0.2) is 36.4 Å². The number of aliphatic hydroxyl groups is 1. The molecule has 0 radical (unpaired) electrons. The van der Waals surface area contributed by atoms with E-state index in [1.807, 2.05) is 41.8 Å². The summed E-state index contributed by atoms with van der Waals surface area (Å²) in [6, 6.07) is 11.1. The van der Waals surface area contributed by atoms with Gasteiger partial charge in [0.25, 0.3) is 0 Å². The number of nitrogens with zero attached hydrogens (tertiary/aromatic N) is 2. The van der Waals surface area contributed by atoms with E-state index in [4.69, 9.17) is 27.9 Å². The van der Waals surface area contributed by atoms with Gasteiger partial charge in [-0.2, -0.15) is 0 Å². The summed E-state index contributed by atoms with van der Waals surface area (Å²) < 4.78 is 7.73. The molecule has 0 bridgehead atoms. The van der Waals surface area contributed by atoms with Gasteiger partial charge in [0.05, 0.1) is 16.1 Å². The van der Waals surface area contributed by atoms with Gasteiger partial charge in [-0.25, -0.2) is 4.98 Å². The second kappa shape index (κ2) is 6.79. The Kier molecular flexibility index (Phi) is 4.76. The molecular weight excluding hydrogens is 335 g/mol. The van der Waals surface area contributed by atoms with E-state index in [9.17, 15) is 5.11 Å². The van der Waals surface area contributed by atoms with Crippen LogP contribution in [0.2, 0.25) is 10.0 Å². The second-order valence-corrected chi connectivity index (χ2v) is 5.96. The summed E-state index contributed by atoms with van der Waals surface area (Å²) >= 11 is 12.3. The summed E-state index contributed by atoms with van der Waals surface area (Å²) in [7, 11) is 0. The van der Waals surface area contributed by atoms with Gasteiger partial charge < -0.3 is 14.4 Å². The number of fused-ring (bicyclic) bond motifs is 1. The first-order chi connectivity index (χ1) is 11.1. The van der Waals surface area contributed by atoms with Crippen LogP contribution in [0.1, 0.15) is 18.3 Å². The van der Waals surface area contributed by atoms with E-state index in [1.165, 1.54) is 0 Å². The normalized spacial score (nSPS) is 11.1. The Balaban J connectivity index is 1.90. The number of rotatable bonds is 5. The fourth-order valence-electron chi connectivity index (χ4n) is 2.55. The smallest absolute Gasteiger partial charge is 0.140 e. The van der Waals surface area contributed by atoms with Crippen LogP contribution in [0.5, 0.6) is 5.75 Å². The van der Waals surface area contributed by atoms with Crippen molar-refractivity contribution in [2.24, 2.45) is 0 Å². The zero-order valence-electron chi connectivity index (χ0n) is 12.6. The first-order valence-electron chi connectivity index (χ1n) is 7.29. The third-order valence-corrected chi connectivity index (χ3v) is 4.15. The van der Waals surface area contributed by atoms with E-state index in [0.717, 1.165) is 16.6 Å². The van der Waals surface area contributed by atoms with E-state index >= 15 is 0 Å². The van der Waals surface area contributed by atoms with Gasteiger partial charge in [0.1, 0.15) is 24.8 Å². The monoisotopic (exact) mass is 350 g/mol. The number of benzene rings is 2. The van der Waals surface area contributed by atoms with Crippen LogP contribution in [-0.4, -0.2) is 14.7 Å². The SMILES string of the molecule is CCn1c(CO)nc2cc(OCc3cccc(Cl)c3)c(Cl)cc21. The largest absolute Gasteiger partial charge is 0.487 e. The molecule has 120 valence electrons. The van der Waals surface area contributed by atoms with Crippen molar-refractivity contribution < 1.29 is 9.84 Å². The highest BCUT2D eigenvalue weighted by Gasteiger charge is 2.13. The number of ether oxygens (including phenoxy) is 1. The van der Waals surface area contributed by atoms with Crippen LogP contribution in [0.25, 0.3) is 11.0 Å². The van der Waals surface area contributed by atoms with Gasteiger partial charge in [-0.1, -0.05) is 35.3 Å². The Morgan fingerprint density at radius 2 is 2.04 bits per heavy atom. The van der Waals surface area contributed by atoms with Gasteiger partial charge in [0, 0.05) is 17.6 Å². The number of aromatic nitrogens is 2. The summed E-state index contributed by atoms with van der Waals surface area (Å²) in [5.41, 5.74) is 2.60. The quantitative estimate of drug-likeness (QED) is 0.740. The molecule has 23 heavy (non-hydrogen) atoms. The molecule has 2 aromatic carbocycles. The first-order valence-corrected chi connectivity index (χ1v) is 8.04. The predicted octanol–water partition coefficient (Wildman–Crippen LogP) is 4.43. The Morgan fingerprint density at radius 1 is 1.22 bits per heavy atom. The number of aryl methyl sites for hydroxylation is 1. The van der Waals surface area contributed by atoms with Crippen molar-refractivity contribution in [1.82, 2.24) is 9.55 Å². The third-order valence-electron chi connectivity index (χ3n) is 3.62. The number of aliphatic hydroxyl groups excluding tert-OH is 1. The maximum Gasteiger partial charge on any atom is 0.140 e. The molecule has 0 unspecified atom stereocenters. The van der Waals surface area contributed by atoms with Gasteiger partial charge in [0.15, 0.2) is 0 Å². The fourth-order valence-corrected chi connectivity index (χ4v) is 2.97. The molecule has 1 heterocycles. The molecule has 0 spiro atoms. The minimum absolute atomic E-state index is 0.112. The van der Waals surface area contributed by atoms with Crippen molar-refractivity contribution in [3.05, 3.63) is 57.8 Å². The molecular formula is C17H16Cl2N2O2. The van der Waals surface area contributed by atoms with Crippen molar-refractivity contribution in [3.63, 3.8) is 0 Å². The average Bonchev–Trinajstić information content (AvgIpc) is 2.89. The summed E-state index contributed by atoms with van der Waals surface area (Å²) in [6.45, 7) is 2.97. The van der Waals surface area contributed by atoms with Crippen LogP contribution in [0, 0.1) is 0 Å². The molecule has 1 N–H and O–H groups in total. The molecule has 0 aliphatic heterocycles. The maximum atomic E-state index is 9.41. The highest BCUT2D eigenvalue weighted by atomic mass is 35.5. The molecule has 0 aliphatic rings. The van der Waals surface area contributed by atoms with Gasteiger partial charge in [-0.15, -0.1) is 0 Å². The van der Waals surface area contributed by atoms with Gasteiger partial charge >= 0.3 is 0 Å². The van der Waals surface area contributed by atoms with Crippen molar-refractivity contribution in [3.8, 4) is 5.75 Å². The van der Waals surface area contributed by atoms with E-state index in [1.54, 1.807) is 6.07 Å². The molecule has 0 fully saturated rings. The predicted molar refractivity (Wildman–Crippen MR) is 92.1 cm³/mol. The summed E-state index contributed by atoms with van der Waals surface area (Å²) in [4.78, 5) is 4.43. The molecule has 6 heteroatoms. The third kappa shape index (κ3) is 3.29. The van der Waals surface area contributed by atoms with Gasteiger partial charge in [-0.05, 0) is 30.7 Å². The lowest BCUT2D eigenvalue weighted by molar-refractivity contribution is 0.266. The molecule has 0 aliphatic carbocycles. The number of hydrogen-bond donors (Lipinski definition) is 1. The number of halogens is 2. The Labute approximate surface area is 144 Å². The van der Waals surface area contributed by atoms with Gasteiger partial charge in [-0.3, -0.25) is 0 Å². The molecule has 1 aromatic heterocycles. The van der Waals surface area contributed by atoms with E-state index in [2.05, 4.69) is 4.98 Å². The molecule has 3 rings (SSSR count). The highest BCUT2D eigenvalue weighted by Crippen LogP contribution is 2.31. The van der Waals surface area contributed by atoms with Crippen LogP contribution < -0.4 is 4.74 Å². The summed E-state index contributed by atoms with van der Waals surface area (Å²) in [6.07, 6.45) is 0. The average molecular weight is 351 g/mol. The Bertz CT molecular complexity index is 846. The lowest BCUT2D eigenvalue weighted by Gasteiger charge is -2.09. The summed E-state index contributed by atoms with van der Waals surface area (Å²) in [5.74, 6) is 1.18. The molecule has 0 amide bonds. The van der Waals surface area contributed by atoms with Crippen molar-refractivity contribution in [2.75, 3.05) is 0 Å². The van der Waals surface area contributed by atoms with E-state index < -0.39 is 0 Å². The highest BCUT2D eigenvalue weighted by molar-refractivity contribution is 6.32. The molecule has 3 aromatic rings. The van der Waals surface area contributed by atoms with Crippen LogP contribution in [-0.2, 0) is 19.8 Å². The Hall–Kier alpha value is -1.75. The first kappa shape index (κ1) is 16.1. The molecule has 0 saturated heterocycles. The van der Waals surface area contributed by atoms with Gasteiger partial charge in [0.2, 0.25) is 0 Å². The standard InChI is InChI=1S/C17H16Cl2N2O2/c1-2-21-15-7-13(19)16(8-14(15)20-17(21)9-22)23-10-11-4-3-5-12(18)6-11/h3-8,22H,2,9-10H2,1H3. The van der Waals surface area contributed by atoms with Crippen molar-refractivity contribution in [2.45, 2.75) is 26.7 Å². The second-order valence-electron chi connectivity index (χ2n) is 5.12. The van der Waals surface area contributed by atoms with Crippen molar-refractivity contribution in [1.29, 1.82) is 0 Å². The topological polar surface area (TPSA) is 47.3 Å². The van der Waals surface area contributed by atoms with E-state index in [0.29, 0.717) is 34.8 Å². The maximum absolute atomic E-state index is 9.41. The number of hydrogen-bond acceptors (Lipinski definition) is 3. The Morgan fingerprint density at radius 3 is 2.74 bits per heavy atom. The fraction of sp³-hybridized carbons (Fsp3) is 0.235. The molecule has 0 saturated carbocycles.